The first-order valence-electron chi connectivity index (χ1n) is 4.89. The lowest BCUT2D eigenvalue weighted by Crippen LogP contribution is -2.44. The van der Waals surface area contributed by atoms with Crippen molar-refractivity contribution < 1.29 is 19.4 Å². The van der Waals surface area contributed by atoms with Gasteiger partial charge in [-0.15, -0.1) is 0 Å². The van der Waals surface area contributed by atoms with Gasteiger partial charge in [0.2, 0.25) is 5.60 Å². The monoisotopic (exact) mass is 202 g/mol. The van der Waals surface area contributed by atoms with E-state index in [1.807, 2.05) is 6.92 Å². The highest BCUT2D eigenvalue weighted by molar-refractivity contribution is 6.06. The summed E-state index contributed by atoms with van der Waals surface area (Å²) in [4.78, 5) is 22.6. The van der Waals surface area contributed by atoms with Crippen molar-refractivity contribution in [1.29, 1.82) is 0 Å². The second-order valence-electron chi connectivity index (χ2n) is 3.32. The van der Waals surface area contributed by atoms with Crippen molar-refractivity contribution in [2.75, 3.05) is 6.61 Å². The normalized spacial score (nSPS) is 14.6. The Hall–Kier alpha value is -0.900. The van der Waals surface area contributed by atoms with Crippen LogP contribution in [-0.4, -0.2) is 29.1 Å². The fourth-order valence-electron chi connectivity index (χ4n) is 0.966. The molecule has 0 aromatic heterocycles. The molecule has 0 aliphatic rings. The molecule has 1 atom stereocenters. The predicted molar refractivity (Wildman–Crippen MR) is 51.8 cm³/mol. The van der Waals surface area contributed by atoms with Crippen LogP contribution in [0.3, 0.4) is 0 Å². The smallest absolute Gasteiger partial charge is 0.345 e. The minimum absolute atomic E-state index is 0.163. The number of esters is 1. The molecule has 1 N–H and O–H groups in total. The van der Waals surface area contributed by atoms with E-state index in [0.29, 0.717) is 6.42 Å². The summed E-state index contributed by atoms with van der Waals surface area (Å²) in [7, 11) is 0. The van der Waals surface area contributed by atoms with Crippen LogP contribution >= 0.6 is 0 Å². The molecule has 0 saturated carbocycles. The largest absolute Gasteiger partial charge is 0.464 e. The van der Waals surface area contributed by atoms with Gasteiger partial charge in [0, 0.05) is 6.42 Å². The van der Waals surface area contributed by atoms with Gasteiger partial charge in [0.05, 0.1) is 6.61 Å². The van der Waals surface area contributed by atoms with Crippen LogP contribution in [0.1, 0.15) is 40.0 Å². The molecule has 0 spiro atoms. The summed E-state index contributed by atoms with van der Waals surface area (Å²) < 4.78 is 4.60. The van der Waals surface area contributed by atoms with Gasteiger partial charge >= 0.3 is 5.97 Å². The molecule has 0 rings (SSSR count). The van der Waals surface area contributed by atoms with Gasteiger partial charge in [0.15, 0.2) is 5.78 Å². The van der Waals surface area contributed by atoms with Crippen LogP contribution in [0.2, 0.25) is 0 Å². The Morgan fingerprint density at radius 2 is 1.93 bits per heavy atom. The van der Waals surface area contributed by atoms with Gasteiger partial charge in [-0.3, -0.25) is 4.79 Å². The van der Waals surface area contributed by atoms with Crippen molar-refractivity contribution in [1.82, 2.24) is 0 Å². The molecule has 0 heterocycles. The van der Waals surface area contributed by atoms with Gasteiger partial charge in [-0.25, -0.2) is 4.79 Å². The van der Waals surface area contributed by atoms with Crippen LogP contribution in [0.5, 0.6) is 0 Å². The average molecular weight is 202 g/mol. The van der Waals surface area contributed by atoms with E-state index in [0.717, 1.165) is 6.42 Å². The quantitative estimate of drug-likeness (QED) is 0.516. The predicted octanol–water partition coefficient (Wildman–Crippen LogP) is 1.06. The fourth-order valence-corrected chi connectivity index (χ4v) is 0.966. The Labute approximate surface area is 84.3 Å². The summed E-state index contributed by atoms with van der Waals surface area (Å²) >= 11 is 0. The number of rotatable bonds is 6. The molecule has 0 radical (unpaired) electrons. The van der Waals surface area contributed by atoms with E-state index >= 15 is 0 Å². The van der Waals surface area contributed by atoms with E-state index in [2.05, 4.69) is 4.74 Å². The molecule has 82 valence electrons. The number of carbonyl (C=O) groups is 2. The van der Waals surface area contributed by atoms with Crippen LogP contribution in [0.4, 0.5) is 0 Å². The highest BCUT2D eigenvalue weighted by atomic mass is 16.5. The standard InChI is InChI=1S/C10H18O4/c1-4-6-7-8(11)10(3,13)9(12)14-5-2/h13H,4-7H2,1-3H3. The molecule has 0 saturated heterocycles. The molecule has 0 aromatic carbocycles. The summed E-state index contributed by atoms with van der Waals surface area (Å²) in [5, 5.41) is 9.59. The molecule has 0 fully saturated rings. The molecule has 1 unspecified atom stereocenters. The molecule has 0 amide bonds. The summed E-state index contributed by atoms with van der Waals surface area (Å²) in [5.41, 5.74) is -1.98. The second kappa shape index (κ2) is 5.75. The third-order valence-corrected chi connectivity index (χ3v) is 1.97. The van der Waals surface area contributed by atoms with Crippen molar-refractivity contribution in [2.24, 2.45) is 0 Å². The Kier molecular flexibility index (Phi) is 5.38. The van der Waals surface area contributed by atoms with E-state index in [4.69, 9.17) is 0 Å². The molecule has 0 aromatic rings. The van der Waals surface area contributed by atoms with Gasteiger partial charge in [0.25, 0.3) is 0 Å². The summed E-state index contributed by atoms with van der Waals surface area (Å²) in [6.07, 6.45) is 1.74. The highest BCUT2D eigenvalue weighted by Crippen LogP contribution is 2.12. The van der Waals surface area contributed by atoms with Gasteiger partial charge in [0.1, 0.15) is 0 Å². The molecule has 4 nitrogen and oxygen atoms in total. The zero-order valence-electron chi connectivity index (χ0n) is 9.00. The van der Waals surface area contributed by atoms with Crippen LogP contribution in [-0.2, 0) is 14.3 Å². The lowest BCUT2D eigenvalue weighted by Gasteiger charge is -2.19. The molecule has 0 aliphatic carbocycles. The first-order chi connectivity index (χ1) is 6.46. The van der Waals surface area contributed by atoms with Gasteiger partial charge in [-0.05, 0) is 20.3 Å². The van der Waals surface area contributed by atoms with Crippen molar-refractivity contribution >= 4 is 11.8 Å². The van der Waals surface area contributed by atoms with E-state index in [-0.39, 0.29) is 13.0 Å². The first-order valence-corrected chi connectivity index (χ1v) is 4.89. The third kappa shape index (κ3) is 3.46. The number of hydrogen-bond donors (Lipinski definition) is 1. The molecular weight excluding hydrogens is 184 g/mol. The number of hydrogen-bond acceptors (Lipinski definition) is 4. The van der Waals surface area contributed by atoms with E-state index in [1.165, 1.54) is 6.92 Å². The lowest BCUT2D eigenvalue weighted by atomic mass is 9.97. The van der Waals surface area contributed by atoms with E-state index in [9.17, 15) is 14.7 Å². The second-order valence-corrected chi connectivity index (χ2v) is 3.32. The van der Waals surface area contributed by atoms with E-state index in [1.54, 1.807) is 6.92 Å². The maximum absolute atomic E-state index is 11.4. The Bertz CT molecular complexity index is 208. The minimum atomic E-state index is -1.98. The zero-order chi connectivity index (χ0) is 11.2. The van der Waals surface area contributed by atoms with Crippen molar-refractivity contribution in [3.05, 3.63) is 0 Å². The molecular formula is C10H18O4. The number of ether oxygens (including phenoxy) is 1. The van der Waals surface area contributed by atoms with Crippen LogP contribution < -0.4 is 0 Å². The topological polar surface area (TPSA) is 63.6 Å². The minimum Gasteiger partial charge on any atom is -0.464 e. The van der Waals surface area contributed by atoms with Gasteiger partial charge in [-0.2, -0.15) is 0 Å². The lowest BCUT2D eigenvalue weighted by molar-refractivity contribution is -0.168. The number of ketones is 1. The fraction of sp³-hybridized carbons (Fsp3) is 0.800. The summed E-state index contributed by atoms with van der Waals surface area (Å²) in [5.74, 6) is -1.33. The van der Waals surface area contributed by atoms with Crippen molar-refractivity contribution in [3.63, 3.8) is 0 Å². The summed E-state index contributed by atoms with van der Waals surface area (Å²) in [6, 6.07) is 0. The SMILES string of the molecule is CCCCC(=O)C(C)(O)C(=O)OCC. The Morgan fingerprint density at radius 1 is 1.36 bits per heavy atom. The van der Waals surface area contributed by atoms with Gasteiger partial charge < -0.3 is 9.84 Å². The van der Waals surface area contributed by atoms with Crippen LogP contribution in [0.15, 0.2) is 0 Å². The zero-order valence-corrected chi connectivity index (χ0v) is 9.00. The van der Waals surface area contributed by atoms with Crippen LogP contribution in [0.25, 0.3) is 0 Å². The highest BCUT2D eigenvalue weighted by Gasteiger charge is 2.39. The molecule has 4 heteroatoms. The maximum atomic E-state index is 11.4. The summed E-state index contributed by atoms with van der Waals surface area (Å²) in [6.45, 7) is 4.91. The van der Waals surface area contributed by atoms with Crippen molar-refractivity contribution in [2.45, 2.75) is 45.6 Å². The molecule has 14 heavy (non-hydrogen) atoms. The first kappa shape index (κ1) is 13.1. The van der Waals surface area contributed by atoms with Crippen LogP contribution in [0, 0.1) is 0 Å². The number of aliphatic hydroxyl groups is 1. The number of unbranched alkanes of at least 4 members (excludes halogenated alkanes) is 1. The maximum Gasteiger partial charge on any atom is 0.345 e. The average Bonchev–Trinajstić information content (AvgIpc) is 2.14. The van der Waals surface area contributed by atoms with Crippen molar-refractivity contribution in [3.8, 4) is 0 Å². The Morgan fingerprint density at radius 3 is 2.36 bits per heavy atom. The van der Waals surface area contributed by atoms with Gasteiger partial charge in [-0.1, -0.05) is 13.3 Å². The molecule has 0 aliphatic heterocycles. The van der Waals surface area contributed by atoms with E-state index < -0.39 is 17.4 Å². The Balaban J connectivity index is 4.28. The number of Topliss-reactive ketones (excluding diaryl/α,β-unsaturated/α-hetero) is 1. The molecule has 0 bridgehead atoms. The number of carbonyl (C=O) groups excluding carboxylic acids is 2. The third-order valence-electron chi connectivity index (χ3n) is 1.97.